The molecule has 1 aromatic carbocycles. The second-order valence-electron chi connectivity index (χ2n) is 8.19. The highest BCUT2D eigenvalue weighted by Gasteiger charge is 2.37. The van der Waals surface area contributed by atoms with Gasteiger partial charge in [0.1, 0.15) is 11.5 Å². The largest absolute Gasteiger partial charge is 0.497 e. The summed E-state index contributed by atoms with van der Waals surface area (Å²) in [6, 6.07) is 7.70. The van der Waals surface area contributed by atoms with E-state index < -0.39 is 0 Å². The summed E-state index contributed by atoms with van der Waals surface area (Å²) >= 11 is 0. The molecule has 0 spiro atoms. The number of nitrogens with one attached hydrogen (secondary N) is 2. The summed E-state index contributed by atoms with van der Waals surface area (Å²) in [6.45, 7) is 9.29. The minimum absolute atomic E-state index is 0.0389. The maximum Gasteiger partial charge on any atom is 0.220 e. The van der Waals surface area contributed by atoms with Crippen LogP contribution in [0.5, 0.6) is 11.5 Å². The third-order valence-corrected chi connectivity index (χ3v) is 4.43. The fourth-order valence-corrected chi connectivity index (χ4v) is 3.82. The molecule has 1 aliphatic heterocycles. The van der Waals surface area contributed by atoms with Crippen molar-refractivity contribution in [2.75, 3.05) is 13.7 Å². The maximum absolute atomic E-state index is 12.2. The zero-order valence-electron chi connectivity index (χ0n) is 16.1. The first kappa shape index (κ1) is 19.6. The molecule has 25 heavy (non-hydrogen) atoms. The first-order valence-corrected chi connectivity index (χ1v) is 9.05. The van der Waals surface area contributed by atoms with Crippen molar-refractivity contribution in [1.29, 1.82) is 0 Å². The van der Waals surface area contributed by atoms with Crippen LogP contribution in [0.3, 0.4) is 0 Å². The molecule has 1 aliphatic rings. The Hall–Kier alpha value is -1.75. The average Bonchev–Trinajstić information content (AvgIpc) is 2.49. The number of methoxy groups -OCH3 is 1. The van der Waals surface area contributed by atoms with Gasteiger partial charge >= 0.3 is 0 Å². The van der Waals surface area contributed by atoms with Crippen molar-refractivity contribution in [3.05, 3.63) is 24.3 Å². The second-order valence-corrected chi connectivity index (χ2v) is 8.19. The quantitative estimate of drug-likeness (QED) is 0.743. The van der Waals surface area contributed by atoms with Crippen LogP contribution in [0.15, 0.2) is 24.3 Å². The van der Waals surface area contributed by atoms with Crippen LogP contribution in [-0.2, 0) is 4.79 Å². The predicted molar refractivity (Wildman–Crippen MR) is 100 cm³/mol. The predicted octanol–water partition coefficient (Wildman–Crippen LogP) is 3.28. The molecule has 0 aliphatic carbocycles. The molecule has 1 saturated heterocycles. The van der Waals surface area contributed by atoms with Crippen LogP contribution in [0.1, 0.15) is 53.4 Å². The van der Waals surface area contributed by atoms with Crippen molar-refractivity contribution < 1.29 is 14.3 Å². The van der Waals surface area contributed by atoms with E-state index in [1.165, 1.54) is 0 Å². The van der Waals surface area contributed by atoms with E-state index in [1.807, 2.05) is 24.3 Å². The molecule has 1 heterocycles. The average molecular weight is 348 g/mol. The van der Waals surface area contributed by atoms with E-state index in [4.69, 9.17) is 9.47 Å². The van der Waals surface area contributed by atoms with Crippen LogP contribution in [0.4, 0.5) is 0 Å². The molecule has 0 saturated carbocycles. The van der Waals surface area contributed by atoms with Gasteiger partial charge in [-0.2, -0.15) is 0 Å². The lowest BCUT2D eigenvalue weighted by Crippen LogP contribution is -2.62. The lowest BCUT2D eigenvalue weighted by Gasteiger charge is -2.46. The topological polar surface area (TPSA) is 59.6 Å². The molecule has 0 atom stereocenters. The molecule has 0 aromatic heterocycles. The van der Waals surface area contributed by atoms with Crippen molar-refractivity contribution in [3.63, 3.8) is 0 Å². The van der Waals surface area contributed by atoms with Crippen molar-refractivity contribution >= 4 is 5.91 Å². The molecule has 0 unspecified atom stereocenters. The van der Waals surface area contributed by atoms with E-state index >= 15 is 0 Å². The Morgan fingerprint density at radius 2 is 1.68 bits per heavy atom. The molecular weight excluding hydrogens is 316 g/mol. The standard InChI is InChI=1S/C20H32N2O3/c1-19(2)13-15(14-20(3,4)22-19)21-18(23)7-6-12-25-17-10-8-16(24-5)9-11-17/h8-11,15,22H,6-7,12-14H2,1-5H3,(H,21,23). The Labute approximate surface area is 151 Å². The summed E-state index contributed by atoms with van der Waals surface area (Å²) in [4.78, 5) is 12.2. The van der Waals surface area contributed by atoms with Gasteiger partial charge in [0.25, 0.3) is 0 Å². The molecule has 1 fully saturated rings. The van der Waals surface area contributed by atoms with Crippen LogP contribution in [0.2, 0.25) is 0 Å². The molecule has 140 valence electrons. The van der Waals surface area contributed by atoms with Crippen LogP contribution in [0.25, 0.3) is 0 Å². The number of carbonyl (C=O) groups is 1. The molecule has 0 bridgehead atoms. The molecule has 1 aromatic rings. The number of ether oxygens (including phenoxy) is 2. The highest BCUT2D eigenvalue weighted by atomic mass is 16.5. The number of carbonyl (C=O) groups excluding carboxylic acids is 1. The van der Waals surface area contributed by atoms with Gasteiger partial charge in [-0.15, -0.1) is 0 Å². The van der Waals surface area contributed by atoms with Crippen LogP contribution in [0, 0.1) is 0 Å². The van der Waals surface area contributed by atoms with Gasteiger partial charge < -0.3 is 20.1 Å². The first-order valence-electron chi connectivity index (χ1n) is 9.05. The van der Waals surface area contributed by atoms with Crippen molar-refractivity contribution in [2.45, 2.75) is 70.5 Å². The third kappa shape index (κ3) is 6.58. The summed E-state index contributed by atoms with van der Waals surface area (Å²) < 4.78 is 10.8. The highest BCUT2D eigenvalue weighted by Crippen LogP contribution is 2.28. The SMILES string of the molecule is COc1ccc(OCCCC(=O)NC2CC(C)(C)NC(C)(C)C2)cc1. The first-order chi connectivity index (χ1) is 11.7. The molecule has 5 heteroatoms. The molecular formula is C20H32N2O3. The van der Waals surface area contributed by atoms with Gasteiger partial charge in [0.2, 0.25) is 5.91 Å². The number of hydrogen-bond acceptors (Lipinski definition) is 4. The summed E-state index contributed by atoms with van der Waals surface area (Å²) in [5.41, 5.74) is 0.0777. The van der Waals surface area contributed by atoms with Crippen LogP contribution >= 0.6 is 0 Å². The Kier molecular flexibility index (Phi) is 6.33. The van der Waals surface area contributed by atoms with E-state index in [1.54, 1.807) is 7.11 Å². The molecule has 2 rings (SSSR count). The molecule has 5 nitrogen and oxygen atoms in total. The van der Waals surface area contributed by atoms with E-state index in [0.29, 0.717) is 19.4 Å². The molecule has 1 amide bonds. The zero-order valence-corrected chi connectivity index (χ0v) is 16.1. The van der Waals surface area contributed by atoms with Gasteiger partial charge in [-0.1, -0.05) is 0 Å². The molecule has 0 radical (unpaired) electrons. The van der Waals surface area contributed by atoms with Gasteiger partial charge in [0, 0.05) is 23.5 Å². The Morgan fingerprint density at radius 1 is 1.12 bits per heavy atom. The number of piperidine rings is 1. The smallest absolute Gasteiger partial charge is 0.220 e. The summed E-state index contributed by atoms with van der Waals surface area (Å²) in [5, 5.41) is 6.83. The summed E-state index contributed by atoms with van der Waals surface area (Å²) in [7, 11) is 1.64. The van der Waals surface area contributed by atoms with E-state index in [9.17, 15) is 4.79 Å². The third-order valence-electron chi connectivity index (χ3n) is 4.43. The van der Waals surface area contributed by atoms with Gasteiger partial charge in [-0.3, -0.25) is 4.79 Å². The van der Waals surface area contributed by atoms with Crippen molar-refractivity contribution in [2.24, 2.45) is 0 Å². The number of hydrogen-bond donors (Lipinski definition) is 2. The summed E-state index contributed by atoms with van der Waals surface area (Å²) in [6.07, 6.45) is 3.09. The van der Waals surface area contributed by atoms with Crippen LogP contribution < -0.4 is 20.1 Å². The Balaban J connectivity index is 1.69. The number of rotatable bonds is 7. The fourth-order valence-electron chi connectivity index (χ4n) is 3.82. The number of amides is 1. The van der Waals surface area contributed by atoms with Gasteiger partial charge in [-0.05, 0) is 71.2 Å². The zero-order chi connectivity index (χ0) is 18.5. The fraction of sp³-hybridized carbons (Fsp3) is 0.650. The van der Waals surface area contributed by atoms with Crippen molar-refractivity contribution in [1.82, 2.24) is 10.6 Å². The lowest BCUT2D eigenvalue weighted by atomic mass is 9.79. The summed E-state index contributed by atoms with van der Waals surface area (Å²) in [5.74, 6) is 1.71. The highest BCUT2D eigenvalue weighted by molar-refractivity contribution is 5.76. The van der Waals surface area contributed by atoms with Gasteiger partial charge in [-0.25, -0.2) is 0 Å². The minimum Gasteiger partial charge on any atom is -0.497 e. The minimum atomic E-state index is 0.0389. The van der Waals surface area contributed by atoms with E-state index in [0.717, 1.165) is 24.3 Å². The monoisotopic (exact) mass is 348 g/mol. The van der Waals surface area contributed by atoms with E-state index in [-0.39, 0.29) is 23.0 Å². The number of benzene rings is 1. The Morgan fingerprint density at radius 3 is 2.24 bits per heavy atom. The maximum atomic E-state index is 12.2. The molecule has 2 N–H and O–H groups in total. The Bertz CT molecular complexity index is 551. The second kappa shape index (κ2) is 8.09. The van der Waals surface area contributed by atoms with Crippen molar-refractivity contribution in [3.8, 4) is 11.5 Å². The van der Waals surface area contributed by atoms with Gasteiger partial charge in [0.05, 0.1) is 13.7 Å². The van der Waals surface area contributed by atoms with Gasteiger partial charge in [0.15, 0.2) is 0 Å². The van der Waals surface area contributed by atoms with E-state index in [2.05, 4.69) is 38.3 Å². The normalized spacial score (nSPS) is 19.2. The van der Waals surface area contributed by atoms with Crippen LogP contribution in [-0.4, -0.2) is 36.7 Å². The lowest BCUT2D eigenvalue weighted by molar-refractivity contribution is -0.122.